The molecule has 8 heteroatoms. The third-order valence-corrected chi connectivity index (χ3v) is 2.69. The minimum atomic E-state index is -0.619. The number of nitrogens with zero attached hydrogens (tertiary/aromatic N) is 2. The average Bonchev–Trinajstić information content (AvgIpc) is 2.32. The molecule has 0 unspecified atom stereocenters. The van der Waals surface area contributed by atoms with Crippen molar-refractivity contribution in [3.05, 3.63) is 50.5 Å². The summed E-state index contributed by atoms with van der Waals surface area (Å²) in [5.41, 5.74) is 5.17. The summed E-state index contributed by atoms with van der Waals surface area (Å²) in [6.07, 6.45) is 0. The number of hydrogen-bond acceptors (Lipinski definition) is 5. The Morgan fingerprint density at radius 2 is 2.00 bits per heavy atom. The number of ether oxygens (including phenoxy) is 1. The van der Waals surface area contributed by atoms with Crippen LogP contribution in [0.3, 0.4) is 0 Å². The lowest BCUT2D eigenvalue weighted by molar-refractivity contribution is -0.386. The summed E-state index contributed by atoms with van der Waals surface area (Å²) >= 11 is 11.7. The number of aromatic nitrogens is 1. The lowest BCUT2D eigenvalue weighted by Crippen LogP contribution is -1.99. The molecule has 6 nitrogen and oxygen atoms in total. The average molecular weight is 300 g/mol. The Morgan fingerprint density at radius 3 is 2.63 bits per heavy atom. The SMILES string of the molecule is Nc1ccc([N+](=O)[O-])c(Oc2ccc(Cl)cc2Cl)n1. The highest BCUT2D eigenvalue weighted by atomic mass is 35.5. The number of anilines is 1. The number of hydrogen-bond donors (Lipinski definition) is 1. The molecule has 0 fully saturated rings. The zero-order valence-corrected chi connectivity index (χ0v) is 10.9. The van der Waals surface area contributed by atoms with E-state index in [2.05, 4.69) is 4.98 Å². The van der Waals surface area contributed by atoms with Crippen molar-refractivity contribution in [1.82, 2.24) is 4.98 Å². The van der Waals surface area contributed by atoms with Gasteiger partial charge in [0.25, 0.3) is 0 Å². The first kappa shape index (κ1) is 13.4. The summed E-state index contributed by atoms with van der Waals surface area (Å²) in [4.78, 5) is 14.0. The van der Waals surface area contributed by atoms with Gasteiger partial charge in [-0.05, 0) is 24.3 Å². The van der Waals surface area contributed by atoms with Crippen LogP contribution >= 0.6 is 23.2 Å². The molecule has 0 spiro atoms. The van der Waals surface area contributed by atoms with Gasteiger partial charge in [-0.15, -0.1) is 0 Å². The van der Waals surface area contributed by atoms with Crippen molar-refractivity contribution >= 4 is 34.7 Å². The number of nitrogens with two attached hydrogens (primary N) is 1. The van der Waals surface area contributed by atoms with E-state index in [0.29, 0.717) is 5.02 Å². The summed E-state index contributed by atoms with van der Waals surface area (Å²) in [6.45, 7) is 0. The molecule has 0 aliphatic heterocycles. The van der Waals surface area contributed by atoms with Crippen molar-refractivity contribution in [2.45, 2.75) is 0 Å². The molecule has 0 amide bonds. The zero-order valence-electron chi connectivity index (χ0n) is 9.34. The number of nitrogen functional groups attached to an aromatic ring is 1. The normalized spacial score (nSPS) is 10.2. The maximum atomic E-state index is 10.9. The van der Waals surface area contributed by atoms with Crippen LogP contribution in [0.2, 0.25) is 10.0 Å². The summed E-state index contributed by atoms with van der Waals surface area (Å²) in [5, 5.41) is 11.5. The lowest BCUT2D eigenvalue weighted by atomic mass is 10.3. The van der Waals surface area contributed by atoms with E-state index in [-0.39, 0.29) is 28.2 Å². The van der Waals surface area contributed by atoms with E-state index >= 15 is 0 Å². The Bertz CT molecular complexity index is 649. The van der Waals surface area contributed by atoms with Gasteiger partial charge in [-0.25, -0.2) is 0 Å². The lowest BCUT2D eigenvalue weighted by Gasteiger charge is -2.07. The van der Waals surface area contributed by atoms with Crippen LogP contribution < -0.4 is 10.5 Å². The number of nitro groups is 1. The summed E-state index contributed by atoms with van der Waals surface area (Å²) in [6, 6.07) is 7.01. The molecule has 0 radical (unpaired) electrons. The molecule has 1 aromatic carbocycles. The Kier molecular flexibility index (Phi) is 3.73. The molecule has 98 valence electrons. The fourth-order valence-electron chi connectivity index (χ4n) is 1.32. The maximum Gasteiger partial charge on any atom is 0.331 e. The Morgan fingerprint density at radius 1 is 1.26 bits per heavy atom. The van der Waals surface area contributed by atoms with Crippen LogP contribution in [0.4, 0.5) is 11.5 Å². The van der Waals surface area contributed by atoms with Gasteiger partial charge in [0.2, 0.25) is 0 Å². The van der Waals surface area contributed by atoms with Crippen molar-refractivity contribution < 1.29 is 9.66 Å². The zero-order chi connectivity index (χ0) is 14.0. The molecular formula is C11H7Cl2N3O3. The third kappa shape index (κ3) is 3.04. The third-order valence-electron chi connectivity index (χ3n) is 2.16. The molecule has 2 rings (SSSR count). The van der Waals surface area contributed by atoms with E-state index in [1.165, 1.54) is 24.3 Å². The summed E-state index contributed by atoms with van der Waals surface area (Å²) in [7, 11) is 0. The molecule has 0 aliphatic rings. The Hall–Kier alpha value is -2.05. The van der Waals surface area contributed by atoms with E-state index in [1.54, 1.807) is 6.07 Å². The van der Waals surface area contributed by atoms with Crippen LogP contribution in [0.25, 0.3) is 0 Å². The van der Waals surface area contributed by atoms with Gasteiger partial charge in [-0.1, -0.05) is 23.2 Å². The molecule has 2 N–H and O–H groups in total. The standard InChI is InChI=1S/C11H7Cl2N3O3/c12-6-1-3-9(7(13)5-6)19-11-8(16(17)18)2-4-10(14)15-11/h1-5H,(H2,14,15). The maximum absolute atomic E-state index is 10.9. The number of benzene rings is 1. The van der Waals surface area contributed by atoms with E-state index in [9.17, 15) is 10.1 Å². The molecule has 2 aromatic rings. The smallest absolute Gasteiger partial charge is 0.331 e. The van der Waals surface area contributed by atoms with Gasteiger partial charge in [-0.3, -0.25) is 10.1 Å². The Balaban J connectivity index is 2.42. The molecule has 0 bridgehead atoms. The van der Waals surface area contributed by atoms with E-state index in [1.807, 2.05) is 0 Å². The van der Waals surface area contributed by atoms with Crippen molar-refractivity contribution in [3.8, 4) is 11.6 Å². The van der Waals surface area contributed by atoms with Crippen molar-refractivity contribution in [1.29, 1.82) is 0 Å². The largest absolute Gasteiger partial charge is 0.432 e. The van der Waals surface area contributed by atoms with Crippen LogP contribution in [0.5, 0.6) is 11.6 Å². The molecular weight excluding hydrogens is 293 g/mol. The first-order chi connectivity index (χ1) is 8.97. The number of rotatable bonds is 3. The van der Waals surface area contributed by atoms with Crippen molar-refractivity contribution in [3.63, 3.8) is 0 Å². The molecule has 1 heterocycles. The van der Waals surface area contributed by atoms with Gasteiger partial charge < -0.3 is 10.5 Å². The second-order valence-corrected chi connectivity index (χ2v) is 4.34. The quantitative estimate of drug-likeness (QED) is 0.689. The predicted molar refractivity (Wildman–Crippen MR) is 71.8 cm³/mol. The van der Waals surface area contributed by atoms with Crippen LogP contribution in [0.1, 0.15) is 0 Å². The fourth-order valence-corrected chi connectivity index (χ4v) is 1.77. The number of pyridine rings is 1. The van der Waals surface area contributed by atoms with Gasteiger partial charge in [-0.2, -0.15) is 4.98 Å². The number of halogens is 2. The molecule has 0 saturated heterocycles. The molecule has 0 atom stereocenters. The second-order valence-electron chi connectivity index (χ2n) is 3.49. The predicted octanol–water partition coefficient (Wildman–Crippen LogP) is 3.67. The van der Waals surface area contributed by atoms with E-state index < -0.39 is 4.92 Å². The summed E-state index contributed by atoms with van der Waals surface area (Å²) < 4.78 is 5.31. The van der Waals surface area contributed by atoms with E-state index in [0.717, 1.165) is 0 Å². The monoisotopic (exact) mass is 299 g/mol. The fraction of sp³-hybridized carbons (Fsp3) is 0. The van der Waals surface area contributed by atoms with Gasteiger partial charge in [0.1, 0.15) is 11.6 Å². The van der Waals surface area contributed by atoms with Crippen LogP contribution in [0.15, 0.2) is 30.3 Å². The van der Waals surface area contributed by atoms with Crippen LogP contribution in [-0.2, 0) is 0 Å². The highest BCUT2D eigenvalue weighted by molar-refractivity contribution is 6.35. The first-order valence-corrected chi connectivity index (χ1v) is 5.77. The van der Waals surface area contributed by atoms with Crippen molar-refractivity contribution in [2.24, 2.45) is 0 Å². The first-order valence-electron chi connectivity index (χ1n) is 5.01. The van der Waals surface area contributed by atoms with E-state index in [4.69, 9.17) is 33.7 Å². The van der Waals surface area contributed by atoms with Crippen LogP contribution in [0, 0.1) is 10.1 Å². The van der Waals surface area contributed by atoms with Crippen LogP contribution in [-0.4, -0.2) is 9.91 Å². The topological polar surface area (TPSA) is 91.3 Å². The highest BCUT2D eigenvalue weighted by Gasteiger charge is 2.19. The molecule has 0 aliphatic carbocycles. The van der Waals surface area contributed by atoms with Gasteiger partial charge >= 0.3 is 11.6 Å². The second kappa shape index (κ2) is 5.29. The Labute approximate surface area is 117 Å². The molecule has 0 saturated carbocycles. The van der Waals surface area contributed by atoms with Gasteiger partial charge in [0.15, 0.2) is 0 Å². The summed E-state index contributed by atoms with van der Waals surface area (Å²) in [5.74, 6) is 0.0761. The molecule has 19 heavy (non-hydrogen) atoms. The minimum Gasteiger partial charge on any atom is -0.432 e. The van der Waals surface area contributed by atoms with Crippen molar-refractivity contribution in [2.75, 3.05) is 5.73 Å². The van der Waals surface area contributed by atoms with Gasteiger partial charge in [0, 0.05) is 11.1 Å². The van der Waals surface area contributed by atoms with Gasteiger partial charge in [0.05, 0.1) is 9.95 Å². The highest BCUT2D eigenvalue weighted by Crippen LogP contribution is 2.35. The minimum absolute atomic E-state index is 0.102. The molecule has 1 aromatic heterocycles.